The topological polar surface area (TPSA) is 90.8 Å². The van der Waals surface area contributed by atoms with Gasteiger partial charge in [0.2, 0.25) is 0 Å². The van der Waals surface area contributed by atoms with Crippen LogP contribution in [0.1, 0.15) is 29.8 Å². The van der Waals surface area contributed by atoms with Crippen LogP contribution in [0.4, 0.5) is 5.69 Å². The molecule has 134 valence electrons. The zero-order valence-electron chi connectivity index (χ0n) is 14.3. The number of hydrazone groups is 1. The number of amides is 2. The normalized spacial score (nSPS) is 11.0. The third-order valence-corrected chi connectivity index (χ3v) is 3.71. The number of nitrogens with zero attached hydrogens (tertiary/aromatic N) is 1. The van der Waals surface area contributed by atoms with Crippen molar-refractivity contribution in [1.82, 2.24) is 5.43 Å². The molecule has 0 spiro atoms. The molecule has 0 bridgehead atoms. The Balaban J connectivity index is 2.07. The molecule has 0 aliphatic carbocycles. The van der Waals surface area contributed by atoms with Crippen molar-refractivity contribution < 1.29 is 14.7 Å². The molecule has 0 radical (unpaired) electrons. The molecule has 0 fully saturated rings. The van der Waals surface area contributed by atoms with Gasteiger partial charge in [-0.25, -0.2) is 5.43 Å². The average Bonchev–Trinajstić information content (AvgIpc) is 2.61. The van der Waals surface area contributed by atoms with Crippen LogP contribution < -0.4 is 10.7 Å². The summed E-state index contributed by atoms with van der Waals surface area (Å²) in [5.74, 6) is -1.01. The molecular formula is C19H18ClN3O3. The molecule has 26 heavy (non-hydrogen) atoms. The van der Waals surface area contributed by atoms with E-state index in [0.29, 0.717) is 22.0 Å². The number of carbonyl (C=O) groups excluding carboxylic acids is 2. The van der Waals surface area contributed by atoms with E-state index in [1.807, 2.05) is 0 Å². The van der Waals surface area contributed by atoms with Crippen molar-refractivity contribution in [2.45, 2.75) is 13.8 Å². The number of halogens is 1. The van der Waals surface area contributed by atoms with Gasteiger partial charge in [-0.3, -0.25) is 9.59 Å². The highest BCUT2D eigenvalue weighted by Gasteiger charge is 2.11. The molecule has 2 rings (SSSR count). The summed E-state index contributed by atoms with van der Waals surface area (Å²) in [6.07, 6.45) is 0. The fraction of sp³-hybridized carbons (Fsp3) is 0.105. The minimum atomic E-state index is -0.574. The number of anilines is 1. The van der Waals surface area contributed by atoms with Crippen molar-refractivity contribution >= 4 is 34.8 Å². The van der Waals surface area contributed by atoms with E-state index < -0.39 is 5.91 Å². The van der Waals surface area contributed by atoms with Gasteiger partial charge in [-0.2, -0.15) is 5.10 Å². The van der Waals surface area contributed by atoms with Crippen LogP contribution in [-0.4, -0.2) is 22.6 Å². The Labute approximate surface area is 156 Å². The quantitative estimate of drug-likeness (QED) is 0.425. The molecule has 6 nitrogen and oxygen atoms in total. The van der Waals surface area contributed by atoms with E-state index in [2.05, 4.69) is 22.4 Å². The zero-order chi connectivity index (χ0) is 19.3. The van der Waals surface area contributed by atoms with E-state index >= 15 is 0 Å². The van der Waals surface area contributed by atoms with Crippen LogP contribution in [-0.2, 0) is 4.79 Å². The maximum absolute atomic E-state index is 12.1. The standard InChI is InChI=1S/C19H18ClN3O3/c1-11(2)18(25)21-15-7-4-13(5-8-15)12(3)22-23-19(26)16-10-14(20)6-9-17(16)24/h4-10,24H,1H2,2-3H3,(H,21,25)(H,23,26)/b22-12-. The summed E-state index contributed by atoms with van der Waals surface area (Å²) < 4.78 is 0. The van der Waals surface area contributed by atoms with Gasteiger partial charge in [-0.05, 0) is 49.7 Å². The Bertz CT molecular complexity index is 889. The maximum Gasteiger partial charge on any atom is 0.275 e. The fourth-order valence-electron chi connectivity index (χ4n) is 1.98. The van der Waals surface area contributed by atoms with E-state index in [-0.39, 0.29) is 17.2 Å². The van der Waals surface area contributed by atoms with Gasteiger partial charge in [0.05, 0.1) is 11.3 Å². The summed E-state index contributed by atoms with van der Waals surface area (Å²) >= 11 is 5.83. The highest BCUT2D eigenvalue weighted by Crippen LogP contribution is 2.21. The second-order valence-corrected chi connectivity index (χ2v) is 6.05. The third-order valence-electron chi connectivity index (χ3n) is 3.48. The molecule has 0 heterocycles. The van der Waals surface area contributed by atoms with Gasteiger partial charge in [-0.15, -0.1) is 0 Å². The summed E-state index contributed by atoms with van der Waals surface area (Å²) in [6, 6.07) is 11.1. The molecule has 2 aromatic carbocycles. The first-order chi connectivity index (χ1) is 12.3. The van der Waals surface area contributed by atoms with Gasteiger partial charge < -0.3 is 10.4 Å². The van der Waals surface area contributed by atoms with Crippen molar-refractivity contribution in [2.75, 3.05) is 5.32 Å². The zero-order valence-corrected chi connectivity index (χ0v) is 15.1. The van der Waals surface area contributed by atoms with Crippen molar-refractivity contribution in [1.29, 1.82) is 0 Å². The monoisotopic (exact) mass is 371 g/mol. The average molecular weight is 372 g/mol. The van der Waals surface area contributed by atoms with Crippen LogP contribution in [0, 0.1) is 0 Å². The molecule has 3 N–H and O–H groups in total. The first-order valence-electron chi connectivity index (χ1n) is 7.68. The van der Waals surface area contributed by atoms with Gasteiger partial charge >= 0.3 is 0 Å². The molecular weight excluding hydrogens is 354 g/mol. The van der Waals surface area contributed by atoms with Crippen LogP contribution in [0.3, 0.4) is 0 Å². The SMILES string of the molecule is C=C(C)C(=O)Nc1ccc(/C(C)=N\NC(=O)c2cc(Cl)ccc2O)cc1. The number of phenols is 1. The molecule has 0 saturated carbocycles. The summed E-state index contributed by atoms with van der Waals surface area (Å²) in [6.45, 7) is 6.92. The lowest BCUT2D eigenvalue weighted by Gasteiger charge is -2.07. The lowest BCUT2D eigenvalue weighted by molar-refractivity contribution is -0.112. The van der Waals surface area contributed by atoms with Gasteiger partial charge in [0.1, 0.15) is 5.75 Å². The minimum Gasteiger partial charge on any atom is -0.507 e. The van der Waals surface area contributed by atoms with Gasteiger partial charge in [0.25, 0.3) is 11.8 Å². The number of phenolic OH excluding ortho intramolecular Hbond substituents is 1. The van der Waals surface area contributed by atoms with E-state index in [9.17, 15) is 14.7 Å². The highest BCUT2D eigenvalue weighted by molar-refractivity contribution is 6.31. The molecule has 2 aromatic rings. The Hall–Kier alpha value is -3.12. The van der Waals surface area contributed by atoms with E-state index in [4.69, 9.17) is 11.6 Å². The smallest absolute Gasteiger partial charge is 0.275 e. The van der Waals surface area contributed by atoms with Crippen molar-refractivity contribution in [3.05, 3.63) is 70.8 Å². The summed E-state index contributed by atoms with van der Waals surface area (Å²) in [5, 5.41) is 16.8. The van der Waals surface area contributed by atoms with Crippen molar-refractivity contribution in [2.24, 2.45) is 5.10 Å². The van der Waals surface area contributed by atoms with Gasteiger partial charge in [0.15, 0.2) is 0 Å². The second-order valence-electron chi connectivity index (χ2n) is 5.61. The third kappa shape index (κ3) is 4.94. The summed E-state index contributed by atoms with van der Waals surface area (Å²) in [7, 11) is 0. The molecule has 7 heteroatoms. The Morgan fingerprint density at radius 3 is 2.38 bits per heavy atom. The first-order valence-corrected chi connectivity index (χ1v) is 8.06. The number of aromatic hydroxyl groups is 1. The van der Waals surface area contributed by atoms with Crippen LogP contribution in [0.5, 0.6) is 5.75 Å². The Morgan fingerprint density at radius 2 is 1.77 bits per heavy atom. The lowest BCUT2D eigenvalue weighted by atomic mass is 10.1. The molecule has 0 unspecified atom stereocenters. The number of hydrogen-bond acceptors (Lipinski definition) is 4. The number of hydrogen-bond donors (Lipinski definition) is 3. The number of nitrogens with one attached hydrogen (secondary N) is 2. The van der Waals surface area contributed by atoms with E-state index in [0.717, 1.165) is 5.56 Å². The highest BCUT2D eigenvalue weighted by atomic mass is 35.5. The van der Waals surface area contributed by atoms with Crippen LogP contribution in [0.2, 0.25) is 5.02 Å². The molecule has 0 aliphatic rings. The molecule has 0 aliphatic heterocycles. The van der Waals surface area contributed by atoms with Crippen LogP contribution in [0.25, 0.3) is 0 Å². The summed E-state index contributed by atoms with van der Waals surface area (Å²) in [5.41, 5.74) is 4.76. The van der Waals surface area contributed by atoms with Gasteiger partial charge in [0, 0.05) is 16.3 Å². The van der Waals surface area contributed by atoms with E-state index in [1.165, 1.54) is 18.2 Å². The fourth-order valence-corrected chi connectivity index (χ4v) is 2.15. The molecule has 0 atom stereocenters. The second kappa shape index (κ2) is 8.31. The maximum atomic E-state index is 12.1. The van der Waals surface area contributed by atoms with Crippen molar-refractivity contribution in [3.63, 3.8) is 0 Å². The minimum absolute atomic E-state index is 0.0342. The Morgan fingerprint density at radius 1 is 1.12 bits per heavy atom. The number of benzene rings is 2. The van der Waals surface area contributed by atoms with E-state index in [1.54, 1.807) is 38.1 Å². The van der Waals surface area contributed by atoms with Gasteiger partial charge in [-0.1, -0.05) is 30.3 Å². The van der Waals surface area contributed by atoms with Crippen molar-refractivity contribution in [3.8, 4) is 5.75 Å². The molecule has 0 saturated heterocycles. The largest absolute Gasteiger partial charge is 0.507 e. The van der Waals surface area contributed by atoms with Crippen LogP contribution >= 0.6 is 11.6 Å². The molecule has 0 aromatic heterocycles. The first kappa shape index (κ1) is 19.2. The predicted molar refractivity (Wildman–Crippen MR) is 103 cm³/mol. The lowest BCUT2D eigenvalue weighted by Crippen LogP contribution is -2.19. The summed E-state index contributed by atoms with van der Waals surface area (Å²) in [4.78, 5) is 23.7. The number of carbonyl (C=O) groups is 2. The Kier molecular flexibility index (Phi) is 6.14. The molecule has 2 amide bonds. The number of rotatable bonds is 5. The predicted octanol–water partition coefficient (Wildman–Crippen LogP) is 3.71. The van der Waals surface area contributed by atoms with Crippen LogP contribution in [0.15, 0.2) is 59.7 Å².